The Morgan fingerprint density at radius 1 is 1.58 bits per heavy atom. The zero-order chi connectivity index (χ0) is 9.56. The lowest BCUT2D eigenvalue weighted by molar-refractivity contribution is -0.139. The second-order valence-corrected chi connectivity index (χ2v) is 3.14. The minimum absolute atomic E-state index is 0.198. The first-order valence-electron chi connectivity index (χ1n) is 4.26. The van der Waals surface area contributed by atoms with Crippen molar-refractivity contribution in [3.8, 4) is 0 Å². The van der Waals surface area contributed by atoms with Crippen LogP contribution in [-0.2, 0) is 4.79 Å². The highest BCUT2D eigenvalue weighted by Gasteiger charge is 2.16. The Balaban J connectivity index is 3.78. The molecule has 4 nitrogen and oxygen atoms in total. The van der Waals surface area contributed by atoms with Crippen LogP contribution in [0.15, 0.2) is 0 Å². The number of carboxylic acids is 1. The van der Waals surface area contributed by atoms with Gasteiger partial charge < -0.3 is 16.2 Å². The molecule has 4 N–H and O–H groups in total. The maximum absolute atomic E-state index is 10.6. The van der Waals surface area contributed by atoms with Crippen LogP contribution in [0, 0.1) is 0 Å². The van der Waals surface area contributed by atoms with Gasteiger partial charge in [0.1, 0.15) is 6.04 Å². The lowest BCUT2D eigenvalue weighted by Crippen LogP contribution is -2.41. The fourth-order valence-electron chi connectivity index (χ4n) is 1.00. The van der Waals surface area contributed by atoms with Crippen molar-refractivity contribution in [1.29, 1.82) is 0 Å². The zero-order valence-electron chi connectivity index (χ0n) is 7.71. The number of hydrogen-bond donors (Lipinski definition) is 3. The highest BCUT2D eigenvalue weighted by molar-refractivity contribution is 5.73. The molecule has 0 rings (SSSR count). The standard InChI is InChI=1S/C8H18N2O2/c1-6(2)10-7(8(11)12)4-3-5-9/h6-7,10H,3-5,9H2,1-2H3,(H,11,12). The zero-order valence-corrected chi connectivity index (χ0v) is 7.71. The van der Waals surface area contributed by atoms with E-state index < -0.39 is 12.0 Å². The van der Waals surface area contributed by atoms with Gasteiger partial charge in [0.15, 0.2) is 0 Å². The van der Waals surface area contributed by atoms with Crippen LogP contribution >= 0.6 is 0 Å². The summed E-state index contributed by atoms with van der Waals surface area (Å²) in [7, 11) is 0. The molecule has 0 aromatic heterocycles. The summed E-state index contributed by atoms with van der Waals surface area (Å²) in [6, 6.07) is -0.252. The molecule has 0 aliphatic carbocycles. The van der Waals surface area contributed by atoms with Gasteiger partial charge in [0.2, 0.25) is 0 Å². The van der Waals surface area contributed by atoms with Gasteiger partial charge in [-0.05, 0) is 19.4 Å². The molecule has 0 aliphatic rings. The Bertz CT molecular complexity index is 137. The number of hydrogen-bond acceptors (Lipinski definition) is 3. The molecule has 0 aromatic carbocycles. The van der Waals surface area contributed by atoms with Crippen LogP contribution in [0.3, 0.4) is 0 Å². The van der Waals surface area contributed by atoms with E-state index in [0.29, 0.717) is 13.0 Å². The Kier molecular flexibility index (Phi) is 5.66. The van der Waals surface area contributed by atoms with Crippen LogP contribution in [0.2, 0.25) is 0 Å². The molecule has 0 saturated carbocycles. The van der Waals surface area contributed by atoms with Gasteiger partial charge in [-0.2, -0.15) is 0 Å². The van der Waals surface area contributed by atoms with E-state index in [-0.39, 0.29) is 6.04 Å². The number of carbonyl (C=O) groups is 1. The Morgan fingerprint density at radius 3 is 2.50 bits per heavy atom. The molecule has 0 fully saturated rings. The first-order valence-corrected chi connectivity index (χ1v) is 4.26. The molecule has 0 saturated heterocycles. The molecule has 1 atom stereocenters. The predicted molar refractivity (Wildman–Crippen MR) is 48.0 cm³/mol. The maximum Gasteiger partial charge on any atom is 0.320 e. The maximum atomic E-state index is 10.6. The highest BCUT2D eigenvalue weighted by Crippen LogP contribution is 1.97. The molecular weight excluding hydrogens is 156 g/mol. The van der Waals surface area contributed by atoms with Crippen molar-refractivity contribution < 1.29 is 9.90 Å². The molecular formula is C8H18N2O2. The minimum Gasteiger partial charge on any atom is -0.480 e. The van der Waals surface area contributed by atoms with Gasteiger partial charge in [-0.25, -0.2) is 0 Å². The van der Waals surface area contributed by atoms with Crippen molar-refractivity contribution in [2.75, 3.05) is 6.54 Å². The summed E-state index contributed by atoms with van der Waals surface area (Å²) in [6.45, 7) is 4.40. The van der Waals surface area contributed by atoms with Crippen molar-refractivity contribution in [1.82, 2.24) is 5.32 Å². The van der Waals surface area contributed by atoms with Gasteiger partial charge in [-0.1, -0.05) is 13.8 Å². The van der Waals surface area contributed by atoms with Gasteiger partial charge in [-0.3, -0.25) is 4.79 Å². The summed E-state index contributed by atoms with van der Waals surface area (Å²) < 4.78 is 0. The van der Waals surface area contributed by atoms with Crippen LogP contribution in [-0.4, -0.2) is 29.7 Å². The molecule has 72 valence electrons. The lowest BCUT2D eigenvalue weighted by atomic mass is 10.1. The Hall–Kier alpha value is -0.610. The van der Waals surface area contributed by atoms with Crippen LogP contribution in [0.25, 0.3) is 0 Å². The molecule has 12 heavy (non-hydrogen) atoms. The Labute approximate surface area is 73.1 Å². The average molecular weight is 174 g/mol. The van der Waals surface area contributed by atoms with E-state index in [4.69, 9.17) is 10.8 Å². The van der Waals surface area contributed by atoms with E-state index in [1.165, 1.54) is 0 Å². The van der Waals surface area contributed by atoms with Crippen LogP contribution in [0.4, 0.5) is 0 Å². The van der Waals surface area contributed by atoms with E-state index in [0.717, 1.165) is 6.42 Å². The molecule has 0 amide bonds. The highest BCUT2D eigenvalue weighted by atomic mass is 16.4. The van der Waals surface area contributed by atoms with Gasteiger partial charge in [0, 0.05) is 6.04 Å². The largest absolute Gasteiger partial charge is 0.480 e. The monoisotopic (exact) mass is 174 g/mol. The number of carboxylic acid groups (broad SMARTS) is 1. The fourth-order valence-corrected chi connectivity index (χ4v) is 1.00. The van der Waals surface area contributed by atoms with Crippen LogP contribution in [0.1, 0.15) is 26.7 Å². The number of rotatable bonds is 6. The van der Waals surface area contributed by atoms with Gasteiger partial charge >= 0.3 is 5.97 Å². The number of nitrogens with one attached hydrogen (secondary N) is 1. The third kappa shape index (κ3) is 5.09. The van der Waals surface area contributed by atoms with Crippen molar-refractivity contribution in [3.63, 3.8) is 0 Å². The third-order valence-corrected chi connectivity index (χ3v) is 1.53. The molecule has 0 radical (unpaired) electrons. The summed E-state index contributed by atoms with van der Waals surface area (Å²) in [5.41, 5.74) is 5.29. The molecule has 0 aromatic rings. The van der Waals surface area contributed by atoms with E-state index >= 15 is 0 Å². The second-order valence-electron chi connectivity index (χ2n) is 3.14. The predicted octanol–water partition coefficient (Wildman–Crippen LogP) is 0.177. The minimum atomic E-state index is -0.794. The van der Waals surface area contributed by atoms with E-state index in [9.17, 15) is 4.79 Å². The number of nitrogens with two attached hydrogens (primary N) is 1. The smallest absolute Gasteiger partial charge is 0.320 e. The second kappa shape index (κ2) is 5.97. The number of aliphatic carboxylic acids is 1. The molecule has 0 spiro atoms. The lowest BCUT2D eigenvalue weighted by Gasteiger charge is -2.16. The van der Waals surface area contributed by atoms with Crippen molar-refractivity contribution >= 4 is 5.97 Å². The summed E-state index contributed by atoms with van der Waals surface area (Å²) in [5.74, 6) is -0.794. The third-order valence-electron chi connectivity index (χ3n) is 1.53. The quantitative estimate of drug-likeness (QED) is 0.537. The fraction of sp³-hybridized carbons (Fsp3) is 0.875. The first-order chi connectivity index (χ1) is 5.57. The average Bonchev–Trinajstić information content (AvgIpc) is 1.96. The van der Waals surface area contributed by atoms with Crippen LogP contribution in [0.5, 0.6) is 0 Å². The normalized spacial score (nSPS) is 13.3. The van der Waals surface area contributed by atoms with Gasteiger partial charge in [0.05, 0.1) is 0 Å². The first kappa shape index (κ1) is 11.4. The summed E-state index contributed by atoms with van der Waals surface area (Å²) in [4.78, 5) is 10.6. The molecule has 1 unspecified atom stereocenters. The van der Waals surface area contributed by atoms with Crippen molar-refractivity contribution in [2.45, 2.75) is 38.8 Å². The van der Waals surface area contributed by atoms with Crippen LogP contribution < -0.4 is 11.1 Å². The SMILES string of the molecule is CC(C)NC(CCCN)C(=O)O. The van der Waals surface area contributed by atoms with E-state index in [1.54, 1.807) is 0 Å². The molecule has 0 bridgehead atoms. The van der Waals surface area contributed by atoms with Crippen molar-refractivity contribution in [3.05, 3.63) is 0 Å². The van der Waals surface area contributed by atoms with Crippen molar-refractivity contribution in [2.24, 2.45) is 5.73 Å². The van der Waals surface area contributed by atoms with Gasteiger partial charge in [-0.15, -0.1) is 0 Å². The van der Waals surface area contributed by atoms with E-state index in [2.05, 4.69) is 5.32 Å². The topological polar surface area (TPSA) is 75.3 Å². The van der Waals surface area contributed by atoms with Gasteiger partial charge in [0.25, 0.3) is 0 Å². The summed E-state index contributed by atoms with van der Waals surface area (Å²) >= 11 is 0. The molecule has 4 heteroatoms. The Morgan fingerprint density at radius 2 is 2.17 bits per heavy atom. The summed E-state index contributed by atoms with van der Waals surface area (Å²) in [5, 5.41) is 11.7. The van der Waals surface area contributed by atoms with E-state index in [1.807, 2.05) is 13.8 Å². The molecule has 0 heterocycles. The molecule has 0 aliphatic heterocycles. The summed E-state index contributed by atoms with van der Waals surface area (Å²) in [6.07, 6.45) is 1.35.